The molecule has 1 amide bonds. The number of carbonyl (C=O) groups is 1. The minimum Gasteiger partial charge on any atom is -0.375 e. The van der Waals surface area contributed by atoms with Gasteiger partial charge in [-0.15, -0.1) is 24.8 Å². The van der Waals surface area contributed by atoms with Gasteiger partial charge in [-0.25, -0.2) is 0 Å². The molecule has 0 aromatic heterocycles. The zero-order valence-corrected chi connectivity index (χ0v) is 18.9. The predicted octanol–water partition coefficient (Wildman–Crippen LogP) is 2.79. The van der Waals surface area contributed by atoms with Crippen molar-refractivity contribution in [2.45, 2.75) is 18.0 Å². The van der Waals surface area contributed by atoms with Gasteiger partial charge in [0.1, 0.15) is 6.61 Å². The summed E-state index contributed by atoms with van der Waals surface area (Å²) in [4.78, 5) is 16.9. The van der Waals surface area contributed by atoms with Gasteiger partial charge in [-0.3, -0.25) is 9.69 Å². The van der Waals surface area contributed by atoms with Gasteiger partial charge >= 0.3 is 0 Å². The molecule has 30 heavy (non-hydrogen) atoms. The molecule has 2 saturated heterocycles. The fourth-order valence-electron chi connectivity index (χ4n) is 4.71. The van der Waals surface area contributed by atoms with Crippen LogP contribution in [0.25, 0.3) is 0 Å². The van der Waals surface area contributed by atoms with Gasteiger partial charge in [-0.1, -0.05) is 60.7 Å². The second-order valence-electron chi connectivity index (χ2n) is 7.69. The van der Waals surface area contributed by atoms with Gasteiger partial charge in [0.2, 0.25) is 5.91 Å². The lowest BCUT2D eigenvalue weighted by Gasteiger charge is -2.50. The van der Waals surface area contributed by atoms with E-state index in [1.807, 2.05) is 4.90 Å². The summed E-state index contributed by atoms with van der Waals surface area (Å²) in [5.74, 6) is 0.394. The second kappa shape index (κ2) is 11.7. The fraction of sp³-hybridized carbons (Fsp3) is 0.435. The van der Waals surface area contributed by atoms with Crippen molar-refractivity contribution >= 4 is 30.7 Å². The van der Waals surface area contributed by atoms with E-state index in [9.17, 15) is 4.79 Å². The van der Waals surface area contributed by atoms with Gasteiger partial charge < -0.3 is 15.0 Å². The lowest BCUT2D eigenvalue weighted by molar-refractivity contribution is -0.139. The summed E-state index contributed by atoms with van der Waals surface area (Å²) in [6.45, 7) is 4.48. The highest BCUT2D eigenvalue weighted by atomic mass is 35.5. The maximum Gasteiger partial charge on any atom is 0.248 e. The SMILES string of the molecule is COCC(=O)N1CCN2C(CNCC2C(c2ccccc2)c2ccccc2)C1.Cl.Cl. The van der Waals surface area contributed by atoms with Crippen LogP contribution in [0.2, 0.25) is 0 Å². The number of hydrogen-bond donors (Lipinski definition) is 1. The van der Waals surface area contributed by atoms with E-state index in [2.05, 4.69) is 70.9 Å². The third-order valence-electron chi connectivity index (χ3n) is 6.01. The number of halogens is 2. The van der Waals surface area contributed by atoms with Crippen LogP contribution in [0.15, 0.2) is 60.7 Å². The topological polar surface area (TPSA) is 44.8 Å². The van der Waals surface area contributed by atoms with E-state index in [0.717, 1.165) is 32.7 Å². The van der Waals surface area contributed by atoms with Gasteiger partial charge in [-0.05, 0) is 11.1 Å². The Hall–Kier alpha value is -1.63. The number of methoxy groups -OCH3 is 1. The fourth-order valence-corrected chi connectivity index (χ4v) is 4.71. The summed E-state index contributed by atoms with van der Waals surface area (Å²) in [6, 6.07) is 22.3. The average Bonchev–Trinajstić information content (AvgIpc) is 2.75. The van der Waals surface area contributed by atoms with Crippen LogP contribution >= 0.6 is 24.8 Å². The van der Waals surface area contributed by atoms with Crippen LogP contribution in [0.3, 0.4) is 0 Å². The first-order chi connectivity index (χ1) is 13.8. The molecule has 2 aliphatic heterocycles. The van der Waals surface area contributed by atoms with Crippen LogP contribution in [0.5, 0.6) is 0 Å². The monoisotopic (exact) mass is 451 g/mol. The minimum atomic E-state index is 0. The van der Waals surface area contributed by atoms with E-state index < -0.39 is 0 Å². The summed E-state index contributed by atoms with van der Waals surface area (Å²) in [5.41, 5.74) is 2.69. The van der Waals surface area contributed by atoms with Gasteiger partial charge in [-0.2, -0.15) is 0 Å². The van der Waals surface area contributed by atoms with Crippen molar-refractivity contribution in [3.8, 4) is 0 Å². The summed E-state index contributed by atoms with van der Waals surface area (Å²) < 4.78 is 5.05. The van der Waals surface area contributed by atoms with Crippen LogP contribution in [-0.4, -0.2) is 74.2 Å². The molecular weight excluding hydrogens is 421 g/mol. The highest BCUT2D eigenvalue weighted by molar-refractivity contribution is 5.85. The number of nitrogens with zero attached hydrogens (tertiary/aromatic N) is 2. The maximum absolute atomic E-state index is 12.3. The summed E-state index contributed by atoms with van der Waals surface area (Å²) >= 11 is 0. The zero-order chi connectivity index (χ0) is 19.3. The van der Waals surface area contributed by atoms with Crippen LogP contribution in [-0.2, 0) is 9.53 Å². The number of ether oxygens (including phenoxy) is 1. The van der Waals surface area contributed by atoms with E-state index >= 15 is 0 Å². The lowest BCUT2D eigenvalue weighted by Crippen LogP contribution is -2.67. The number of nitrogens with one attached hydrogen (secondary N) is 1. The Kier molecular flexibility index (Phi) is 9.59. The molecule has 2 unspecified atom stereocenters. The number of piperazine rings is 2. The highest BCUT2D eigenvalue weighted by Gasteiger charge is 2.40. The Morgan fingerprint density at radius 1 is 1.00 bits per heavy atom. The molecule has 2 aliphatic rings. The Morgan fingerprint density at radius 3 is 2.17 bits per heavy atom. The van der Waals surface area contributed by atoms with E-state index in [-0.39, 0.29) is 37.3 Å². The molecule has 2 aromatic rings. The van der Waals surface area contributed by atoms with Crippen molar-refractivity contribution in [2.75, 3.05) is 46.4 Å². The van der Waals surface area contributed by atoms with Gasteiger partial charge in [0.05, 0.1) is 0 Å². The molecule has 2 atom stereocenters. The van der Waals surface area contributed by atoms with Crippen molar-refractivity contribution in [1.82, 2.24) is 15.1 Å². The molecule has 2 aromatic carbocycles. The molecule has 2 fully saturated rings. The molecule has 1 N–H and O–H groups in total. The Morgan fingerprint density at radius 2 is 1.60 bits per heavy atom. The van der Waals surface area contributed by atoms with E-state index in [0.29, 0.717) is 18.0 Å². The number of hydrogen-bond acceptors (Lipinski definition) is 4. The first-order valence-electron chi connectivity index (χ1n) is 10.1. The predicted molar refractivity (Wildman–Crippen MR) is 125 cm³/mol. The Balaban J connectivity index is 0.00000160. The third kappa shape index (κ3) is 5.34. The van der Waals surface area contributed by atoms with Crippen molar-refractivity contribution in [1.29, 1.82) is 0 Å². The second-order valence-corrected chi connectivity index (χ2v) is 7.69. The quantitative estimate of drug-likeness (QED) is 0.758. The molecule has 0 bridgehead atoms. The number of fused-ring (bicyclic) bond motifs is 1. The minimum absolute atomic E-state index is 0. The van der Waals surface area contributed by atoms with Crippen LogP contribution < -0.4 is 5.32 Å². The van der Waals surface area contributed by atoms with Crippen molar-refractivity contribution in [2.24, 2.45) is 0 Å². The summed E-state index contributed by atoms with van der Waals surface area (Å²) in [6.07, 6.45) is 0. The molecule has 4 rings (SSSR count). The molecule has 0 saturated carbocycles. The molecule has 0 aliphatic carbocycles. The zero-order valence-electron chi connectivity index (χ0n) is 17.3. The Bertz CT molecular complexity index is 739. The average molecular weight is 452 g/mol. The summed E-state index contributed by atoms with van der Waals surface area (Å²) in [5, 5.41) is 3.63. The van der Waals surface area contributed by atoms with E-state index in [1.165, 1.54) is 11.1 Å². The van der Waals surface area contributed by atoms with Crippen molar-refractivity contribution < 1.29 is 9.53 Å². The lowest BCUT2D eigenvalue weighted by atomic mass is 9.82. The summed E-state index contributed by atoms with van der Waals surface area (Å²) in [7, 11) is 1.58. The molecule has 7 heteroatoms. The van der Waals surface area contributed by atoms with E-state index in [4.69, 9.17) is 4.74 Å². The largest absolute Gasteiger partial charge is 0.375 e. The van der Waals surface area contributed by atoms with Crippen molar-refractivity contribution in [3.05, 3.63) is 71.8 Å². The highest BCUT2D eigenvalue weighted by Crippen LogP contribution is 2.33. The van der Waals surface area contributed by atoms with Crippen LogP contribution in [0, 0.1) is 0 Å². The molecule has 5 nitrogen and oxygen atoms in total. The third-order valence-corrected chi connectivity index (χ3v) is 6.01. The number of carbonyl (C=O) groups excluding carboxylic acids is 1. The standard InChI is InChI=1S/C23H29N3O2.2ClH/c1-28-17-22(27)25-12-13-26-20(16-25)14-24-15-21(26)23(18-8-4-2-5-9-18)19-10-6-3-7-11-19;;/h2-11,20-21,23-24H,12-17H2,1H3;2*1H. The van der Waals surface area contributed by atoms with E-state index in [1.54, 1.807) is 7.11 Å². The molecule has 164 valence electrons. The van der Waals surface area contributed by atoms with Crippen molar-refractivity contribution in [3.63, 3.8) is 0 Å². The smallest absolute Gasteiger partial charge is 0.248 e. The van der Waals surface area contributed by atoms with Gasteiger partial charge in [0.15, 0.2) is 0 Å². The Labute approximate surface area is 191 Å². The normalized spacial score (nSPS) is 21.3. The molecule has 2 heterocycles. The van der Waals surface area contributed by atoms with Crippen LogP contribution in [0.1, 0.15) is 17.0 Å². The molecule has 0 radical (unpaired) electrons. The maximum atomic E-state index is 12.3. The van der Waals surface area contributed by atoms with Crippen LogP contribution in [0.4, 0.5) is 0 Å². The van der Waals surface area contributed by atoms with Gasteiger partial charge in [0.25, 0.3) is 0 Å². The first kappa shape index (κ1) is 24.6. The first-order valence-corrected chi connectivity index (χ1v) is 10.1. The molecular formula is C23H31Cl2N3O2. The molecule has 0 spiro atoms. The number of rotatable bonds is 5. The number of amides is 1. The van der Waals surface area contributed by atoms with Gasteiger partial charge in [0, 0.05) is 57.8 Å². The number of benzene rings is 2.